The fraction of sp³-hybridized carbons (Fsp3) is 0.455. The zero-order valence-electron chi connectivity index (χ0n) is 10.3. The van der Waals surface area contributed by atoms with Crippen molar-refractivity contribution in [2.45, 2.75) is 32.4 Å². The number of rotatable bonds is 5. The summed E-state index contributed by atoms with van der Waals surface area (Å²) in [4.78, 5) is 5.31. The molecule has 2 rings (SSSR count). The number of aromatic nitrogens is 3. The molecule has 0 aliphatic carbocycles. The van der Waals surface area contributed by atoms with Gasteiger partial charge in [-0.1, -0.05) is 11.6 Å². The number of nitrogens with zero attached hydrogens (tertiary/aromatic N) is 3. The first-order valence-electron chi connectivity index (χ1n) is 5.71. The Morgan fingerprint density at radius 1 is 1.56 bits per heavy atom. The van der Waals surface area contributed by atoms with E-state index < -0.39 is 0 Å². The van der Waals surface area contributed by atoms with Gasteiger partial charge >= 0.3 is 0 Å². The third-order valence-electron chi connectivity index (χ3n) is 2.69. The minimum atomic E-state index is -0.0424. The zero-order valence-corrected chi connectivity index (χ0v) is 11.9. The maximum Gasteiger partial charge on any atom is 0.138 e. The van der Waals surface area contributed by atoms with Gasteiger partial charge in [0, 0.05) is 17.3 Å². The maximum absolute atomic E-state index is 6.13. The van der Waals surface area contributed by atoms with Crippen LogP contribution in [-0.4, -0.2) is 14.8 Å². The van der Waals surface area contributed by atoms with Crippen LogP contribution in [0.1, 0.15) is 36.6 Å². The fourth-order valence-corrected chi connectivity index (χ4v) is 3.07. The van der Waals surface area contributed by atoms with Gasteiger partial charge in [0.25, 0.3) is 0 Å². The molecule has 0 bridgehead atoms. The van der Waals surface area contributed by atoms with Crippen LogP contribution < -0.4 is 11.3 Å². The molecule has 2 aromatic rings. The van der Waals surface area contributed by atoms with Gasteiger partial charge in [-0.05, 0) is 25.3 Å². The van der Waals surface area contributed by atoms with E-state index in [2.05, 4.69) is 29.4 Å². The maximum atomic E-state index is 6.13. The summed E-state index contributed by atoms with van der Waals surface area (Å²) in [6, 6.07) is 2.11. The summed E-state index contributed by atoms with van der Waals surface area (Å²) >= 11 is 7.71. The van der Waals surface area contributed by atoms with Crippen molar-refractivity contribution >= 4 is 22.9 Å². The average molecular weight is 286 g/mol. The molecule has 2 heterocycles. The first-order chi connectivity index (χ1) is 8.63. The number of hydrogen-bond donors (Lipinski definition) is 2. The molecule has 7 heteroatoms. The number of nitrogens with one attached hydrogen (secondary N) is 1. The Kier molecular flexibility index (Phi) is 4.34. The van der Waals surface area contributed by atoms with E-state index in [1.165, 1.54) is 0 Å². The van der Waals surface area contributed by atoms with Gasteiger partial charge in [0.15, 0.2) is 0 Å². The Labute approximate surface area is 115 Å². The van der Waals surface area contributed by atoms with Crippen molar-refractivity contribution in [3.63, 3.8) is 0 Å². The van der Waals surface area contributed by atoms with E-state index in [0.29, 0.717) is 6.42 Å². The van der Waals surface area contributed by atoms with E-state index in [9.17, 15) is 0 Å². The molecule has 0 saturated carbocycles. The van der Waals surface area contributed by atoms with Crippen molar-refractivity contribution in [1.29, 1.82) is 0 Å². The van der Waals surface area contributed by atoms with Crippen LogP contribution in [0.5, 0.6) is 0 Å². The highest BCUT2D eigenvalue weighted by molar-refractivity contribution is 7.10. The van der Waals surface area contributed by atoms with Crippen molar-refractivity contribution in [3.05, 3.63) is 33.5 Å². The van der Waals surface area contributed by atoms with E-state index in [4.69, 9.17) is 17.4 Å². The van der Waals surface area contributed by atoms with Crippen molar-refractivity contribution in [3.8, 4) is 0 Å². The first-order valence-corrected chi connectivity index (χ1v) is 6.96. The van der Waals surface area contributed by atoms with Gasteiger partial charge in [-0.2, -0.15) is 5.10 Å². The molecule has 3 N–H and O–H groups in total. The van der Waals surface area contributed by atoms with Crippen LogP contribution >= 0.6 is 22.9 Å². The SMILES string of the molecule is CC(C)n1ncnc1CC(NN)c1sccc1Cl. The Hall–Kier alpha value is -0.950. The molecular formula is C11H16ClN5S. The lowest BCUT2D eigenvalue weighted by atomic mass is 10.1. The second-order valence-electron chi connectivity index (χ2n) is 4.27. The second-order valence-corrected chi connectivity index (χ2v) is 5.63. The third kappa shape index (κ3) is 2.72. The van der Waals surface area contributed by atoms with Crippen molar-refractivity contribution < 1.29 is 0 Å². The van der Waals surface area contributed by atoms with Crippen molar-refractivity contribution in [2.24, 2.45) is 5.84 Å². The predicted molar refractivity (Wildman–Crippen MR) is 73.5 cm³/mol. The van der Waals surface area contributed by atoms with Crippen molar-refractivity contribution in [1.82, 2.24) is 20.2 Å². The van der Waals surface area contributed by atoms with Crippen LogP contribution in [0.3, 0.4) is 0 Å². The van der Waals surface area contributed by atoms with E-state index in [-0.39, 0.29) is 12.1 Å². The first kappa shape index (κ1) is 13.5. The van der Waals surface area contributed by atoms with Gasteiger partial charge < -0.3 is 0 Å². The smallest absolute Gasteiger partial charge is 0.138 e. The molecule has 0 fully saturated rings. The van der Waals surface area contributed by atoms with Crippen LogP contribution in [-0.2, 0) is 6.42 Å². The monoisotopic (exact) mass is 285 g/mol. The van der Waals surface area contributed by atoms with E-state index in [1.807, 2.05) is 16.1 Å². The summed E-state index contributed by atoms with van der Waals surface area (Å²) < 4.78 is 1.89. The quantitative estimate of drug-likeness (QED) is 0.653. The van der Waals surface area contributed by atoms with Gasteiger partial charge in [-0.3, -0.25) is 11.3 Å². The number of hydrogen-bond acceptors (Lipinski definition) is 5. The molecule has 2 aromatic heterocycles. The standard InChI is InChI=1S/C11H16ClN5S/c1-7(2)17-10(14-6-15-17)5-9(16-13)11-8(12)3-4-18-11/h3-4,6-7,9,16H,5,13H2,1-2H3. The van der Waals surface area contributed by atoms with Gasteiger partial charge in [-0.15, -0.1) is 11.3 Å². The molecule has 1 atom stereocenters. The van der Waals surface area contributed by atoms with Gasteiger partial charge in [0.2, 0.25) is 0 Å². The van der Waals surface area contributed by atoms with E-state index >= 15 is 0 Å². The lowest BCUT2D eigenvalue weighted by Gasteiger charge is -2.16. The zero-order chi connectivity index (χ0) is 13.1. The summed E-state index contributed by atoms with van der Waals surface area (Å²) in [6.07, 6.45) is 2.23. The van der Waals surface area contributed by atoms with E-state index in [1.54, 1.807) is 17.7 Å². The molecule has 0 aromatic carbocycles. The number of hydrazine groups is 1. The normalized spacial score (nSPS) is 13.2. The number of nitrogens with two attached hydrogens (primary N) is 1. The molecule has 0 aliphatic rings. The van der Waals surface area contributed by atoms with E-state index in [0.717, 1.165) is 15.7 Å². The topological polar surface area (TPSA) is 68.8 Å². The lowest BCUT2D eigenvalue weighted by Crippen LogP contribution is -2.30. The molecule has 0 amide bonds. The number of thiophene rings is 1. The summed E-state index contributed by atoms with van der Waals surface area (Å²) in [5.74, 6) is 6.52. The van der Waals surface area contributed by atoms with Crippen LogP contribution in [0.15, 0.2) is 17.8 Å². The van der Waals surface area contributed by atoms with Gasteiger partial charge in [0.1, 0.15) is 12.2 Å². The average Bonchev–Trinajstić information content (AvgIpc) is 2.94. The van der Waals surface area contributed by atoms with Crippen LogP contribution in [0.4, 0.5) is 0 Å². The molecule has 0 spiro atoms. The Morgan fingerprint density at radius 3 is 2.89 bits per heavy atom. The summed E-state index contributed by atoms with van der Waals surface area (Å²) in [7, 11) is 0. The molecule has 0 saturated heterocycles. The fourth-order valence-electron chi connectivity index (χ4n) is 1.82. The molecule has 1 unspecified atom stereocenters. The molecule has 5 nitrogen and oxygen atoms in total. The van der Waals surface area contributed by atoms with Gasteiger partial charge in [0.05, 0.1) is 11.1 Å². The molecule has 98 valence electrons. The highest BCUT2D eigenvalue weighted by atomic mass is 35.5. The Balaban J connectivity index is 2.21. The summed E-state index contributed by atoms with van der Waals surface area (Å²) in [5, 5.41) is 6.90. The predicted octanol–water partition coefficient (Wildman–Crippen LogP) is 2.32. The molecule has 0 radical (unpaired) electrons. The summed E-state index contributed by atoms with van der Waals surface area (Å²) in [6.45, 7) is 4.14. The Morgan fingerprint density at radius 2 is 2.33 bits per heavy atom. The van der Waals surface area contributed by atoms with Crippen LogP contribution in [0.25, 0.3) is 0 Å². The second kappa shape index (κ2) is 5.79. The lowest BCUT2D eigenvalue weighted by molar-refractivity contribution is 0.471. The minimum absolute atomic E-state index is 0.0424. The highest BCUT2D eigenvalue weighted by Gasteiger charge is 2.19. The highest BCUT2D eigenvalue weighted by Crippen LogP contribution is 2.30. The molecule has 18 heavy (non-hydrogen) atoms. The Bertz CT molecular complexity index is 507. The van der Waals surface area contributed by atoms with Gasteiger partial charge in [-0.25, -0.2) is 9.67 Å². The number of halogens is 1. The summed E-state index contributed by atoms with van der Waals surface area (Å²) in [5.41, 5.74) is 2.79. The largest absolute Gasteiger partial charge is 0.271 e. The molecular weight excluding hydrogens is 270 g/mol. The minimum Gasteiger partial charge on any atom is -0.271 e. The molecule has 0 aliphatic heterocycles. The van der Waals surface area contributed by atoms with Crippen molar-refractivity contribution in [2.75, 3.05) is 0 Å². The van der Waals surface area contributed by atoms with Crippen LogP contribution in [0, 0.1) is 0 Å². The third-order valence-corrected chi connectivity index (χ3v) is 4.16. The van der Waals surface area contributed by atoms with Crippen LogP contribution in [0.2, 0.25) is 5.02 Å².